The highest BCUT2D eigenvalue weighted by molar-refractivity contribution is 6.07. The Bertz CT molecular complexity index is 817. The largest absolute Gasteiger partial charge is 0.497 e. The van der Waals surface area contributed by atoms with Crippen LogP contribution >= 0.6 is 0 Å². The average molecular weight is 326 g/mol. The molecule has 0 spiro atoms. The van der Waals surface area contributed by atoms with Crippen molar-refractivity contribution in [3.8, 4) is 5.75 Å². The van der Waals surface area contributed by atoms with Crippen LogP contribution in [0.3, 0.4) is 0 Å². The molecule has 0 fully saturated rings. The Labute approximate surface area is 139 Å². The molecular formula is C18H18N2O4. The van der Waals surface area contributed by atoms with E-state index >= 15 is 0 Å². The number of carbonyl (C=O) groups excluding carboxylic acids is 1. The molecule has 0 aliphatic carbocycles. The Morgan fingerprint density at radius 3 is 2.75 bits per heavy atom. The molecule has 0 N–H and O–H groups in total. The lowest BCUT2D eigenvalue weighted by Gasteiger charge is -2.30. The number of hydrogen-bond donors (Lipinski definition) is 0. The molecule has 1 aliphatic rings. The summed E-state index contributed by atoms with van der Waals surface area (Å²) in [5, 5.41) is 11.1. The third-order valence-corrected chi connectivity index (χ3v) is 4.30. The van der Waals surface area contributed by atoms with Gasteiger partial charge in [0.15, 0.2) is 0 Å². The Morgan fingerprint density at radius 2 is 2.04 bits per heavy atom. The molecule has 2 aromatic rings. The highest BCUT2D eigenvalue weighted by Crippen LogP contribution is 2.32. The van der Waals surface area contributed by atoms with Crippen molar-refractivity contribution in [2.75, 3.05) is 18.6 Å². The van der Waals surface area contributed by atoms with Gasteiger partial charge in [-0.2, -0.15) is 0 Å². The van der Waals surface area contributed by atoms with Gasteiger partial charge in [-0.05, 0) is 49.6 Å². The Morgan fingerprint density at radius 1 is 1.25 bits per heavy atom. The Kier molecular flexibility index (Phi) is 4.20. The number of hydrogen-bond acceptors (Lipinski definition) is 4. The van der Waals surface area contributed by atoms with Crippen molar-refractivity contribution in [3.05, 3.63) is 63.2 Å². The lowest BCUT2D eigenvalue weighted by molar-refractivity contribution is -0.385. The number of anilines is 1. The monoisotopic (exact) mass is 326 g/mol. The standard InChI is InChI=1S/C18H18N2O4/c1-12-5-6-14(11-17(12)20(22)23)18(21)19-9-3-4-13-10-15(24-2)7-8-16(13)19/h5-8,10-11H,3-4,9H2,1-2H3. The number of nitro benzene ring substituents is 1. The van der Waals surface area contributed by atoms with Gasteiger partial charge in [0.05, 0.1) is 12.0 Å². The maximum atomic E-state index is 12.9. The maximum absolute atomic E-state index is 12.9. The Balaban J connectivity index is 1.98. The van der Waals surface area contributed by atoms with E-state index in [-0.39, 0.29) is 11.6 Å². The molecule has 1 amide bonds. The van der Waals surface area contributed by atoms with E-state index in [1.165, 1.54) is 6.07 Å². The first-order chi connectivity index (χ1) is 11.5. The van der Waals surface area contributed by atoms with Crippen molar-refractivity contribution >= 4 is 17.3 Å². The number of ether oxygens (including phenoxy) is 1. The molecule has 0 radical (unpaired) electrons. The van der Waals surface area contributed by atoms with E-state index in [1.807, 2.05) is 18.2 Å². The molecule has 0 unspecified atom stereocenters. The van der Waals surface area contributed by atoms with Gasteiger partial charge in [-0.15, -0.1) is 0 Å². The van der Waals surface area contributed by atoms with Crippen LogP contribution in [0.15, 0.2) is 36.4 Å². The van der Waals surface area contributed by atoms with E-state index in [9.17, 15) is 14.9 Å². The van der Waals surface area contributed by atoms with E-state index in [4.69, 9.17) is 4.74 Å². The maximum Gasteiger partial charge on any atom is 0.273 e. The quantitative estimate of drug-likeness (QED) is 0.639. The number of carbonyl (C=O) groups is 1. The highest BCUT2D eigenvalue weighted by Gasteiger charge is 2.25. The molecule has 24 heavy (non-hydrogen) atoms. The van der Waals surface area contributed by atoms with Crippen molar-refractivity contribution < 1.29 is 14.5 Å². The van der Waals surface area contributed by atoms with Gasteiger partial charge in [0.2, 0.25) is 0 Å². The topological polar surface area (TPSA) is 72.7 Å². The SMILES string of the molecule is COc1ccc2c(c1)CCCN2C(=O)c1ccc(C)c([N+](=O)[O-])c1. The number of nitro groups is 1. The first kappa shape index (κ1) is 16.0. The number of aryl methyl sites for hydroxylation is 2. The van der Waals surface area contributed by atoms with Gasteiger partial charge in [-0.1, -0.05) is 6.07 Å². The van der Waals surface area contributed by atoms with Crippen molar-refractivity contribution in [2.24, 2.45) is 0 Å². The molecular weight excluding hydrogens is 308 g/mol. The number of benzene rings is 2. The molecule has 6 nitrogen and oxygen atoms in total. The fourth-order valence-electron chi connectivity index (χ4n) is 3.01. The minimum absolute atomic E-state index is 0.0344. The summed E-state index contributed by atoms with van der Waals surface area (Å²) in [7, 11) is 1.61. The van der Waals surface area contributed by atoms with Gasteiger partial charge in [0.25, 0.3) is 11.6 Å². The van der Waals surface area contributed by atoms with Crippen LogP contribution in [0.2, 0.25) is 0 Å². The van der Waals surface area contributed by atoms with E-state index < -0.39 is 4.92 Å². The number of amides is 1. The van der Waals surface area contributed by atoms with E-state index in [0.29, 0.717) is 17.7 Å². The Hall–Kier alpha value is -2.89. The molecule has 0 atom stereocenters. The van der Waals surface area contributed by atoms with Crippen LogP contribution in [-0.2, 0) is 6.42 Å². The minimum atomic E-state index is -0.457. The predicted octanol–water partition coefficient (Wildman–Crippen LogP) is 3.50. The lowest BCUT2D eigenvalue weighted by atomic mass is 10.00. The van der Waals surface area contributed by atoms with Crippen molar-refractivity contribution in [2.45, 2.75) is 19.8 Å². The van der Waals surface area contributed by atoms with Gasteiger partial charge >= 0.3 is 0 Å². The zero-order valence-corrected chi connectivity index (χ0v) is 13.6. The highest BCUT2D eigenvalue weighted by atomic mass is 16.6. The van der Waals surface area contributed by atoms with Crippen LogP contribution in [0.25, 0.3) is 0 Å². The van der Waals surface area contributed by atoms with E-state index in [1.54, 1.807) is 31.1 Å². The molecule has 0 aromatic heterocycles. The van der Waals surface area contributed by atoms with Crippen molar-refractivity contribution in [1.29, 1.82) is 0 Å². The summed E-state index contributed by atoms with van der Waals surface area (Å²) in [4.78, 5) is 25.2. The fourth-order valence-corrected chi connectivity index (χ4v) is 3.01. The smallest absolute Gasteiger partial charge is 0.273 e. The predicted molar refractivity (Wildman–Crippen MR) is 90.8 cm³/mol. The molecule has 0 saturated carbocycles. The van der Waals surface area contributed by atoms with Crippen LogP contribution in [-0.4, -0.2) is 24.5 Å². The van der Waals surface area contributed by atoms with Gasteiger partial charge in [-0.25, -0.2) is 0 Å². The van der Waals surface area contributed by atoms with E-state index in [2.05, 4.69) is 0 Å². The van der Waals surface area contributed by atoms with Crippen molar-refractivity contribution in [1.82, 2.24) is 0 Å². The first-order valence-electron chi connectivity index (χ1n) is 7.75. The third kappa shape index (κ3) is 2.82. The lowest BCUT2D eigenvalue weighted by Crippen LogP contribution is -2.35. The summed E-state index contributed by atoms with van der Waals surface area (Å²) < 4.78 is 5.24. The van der Waals surface area contributed by atoms with Crippen LogP contribution in [0.5, 0.6) is 5.75 Å². The number of nitrogens with zero attached hydrogens (tertiary/aromatic N) is 2. The molecule has 1 heterocycles. The normalized spacial score (nSPS) is 13.3. The second-order valence-corrected chi connectivity index (χ2v) is 5.81. The second kappa shape index (κ2) is 6.31. The molecule has 3 rings (SSSR count). The van der Waals surface area contributed by atoms with Gasteiger partial charge in [-0.3, -0.25) is 14.9 Å². The van der Waals surface area contributed by atoms with Gasteiger partial charge in [0.1, 0.15) is 5.75 Å². The van der Waals surface area contributed by atoms with Crippen LogP contribution in [0.1, 0.15) is 27.9 Å². The average Bonchev–Trinajstić information content (AvgIpc) is 2.60. The van der Waals surface area contributed by atoms with Gasteiger partial charge in [0, 0.05) is 29.4 Å². The number of rotatable bonds is 3. The first-order valence-corrected chi connectivity index (χ1v) is 7.75. The minimum Gasteiger partial charge on any atom is -0.497 e. The summed E-state index contributed by atoms with van der Waals surface area (Å²) in [5.41, 5.74) is 2.73. The molecule has 6 heteroatoms. The summed E-state index contributed by atoms with van der Waals surface area (Å²) in [6.45, 7) is 2.26. The molecule has 0 bridgehead atoms. The molecule has 0 saturated heterocycles. The van der Waals surface area contributed by atoms with E-state index in [0.717, 1.165) is 29.8 Å². The fraction of sp³-hybridized carbons (Fsp3) is 0.278. The van der Waals surface area contributed by atoms with Crippen molar-refractivity contribution in [3.63, 3.8) is 0 Å². The summed E-state index contributed by atoms with van der Waals surface area (Å²) in [5.74, 6) is 0.540. The zero-order chi connectivity index (χ0) is 17.3. The molecule has 2 aromatic carbocycles. The summed E-state index contributed by atoms with van der Waals surface area (Å²) in [6.07, 6.45) is 1.73. The number of fused-ring (bicyclic) bond motifs is 1. The zero-order valence-electron chi connectivity index (χ0n) is 13.6. The van der Waals surface area contributed by atoms with Crippen LogP contribution in [0.4, 0.5) is 11.4 Å². The number of methoxy groups -OCH3 is 1. The summed E-state index contributed by atoms with van der Waals surface area (Å²) >= 11 is 0. The summed E-state index contributed by atoms with van der Waals surface area (Å²) in [6, 6.07) is 10.2. The molecule has 1 aliphatic heterocycles. The van der Waals surface area contributed by atoms with Crippen LogP contribution < -0.4 is 9.64 Å². The molecule has 124 valence electrons. The van der Waals surface area contributed by atoms with Crippen LogP contribution in [0, 0.1) is 17.0 Å². The second-order valence-electron chi connectivity index (χ2n) is 5.81. The van der Waals surface area contributed by atoms with Gasteiger partial charge < -0.3 is 9.64 Å². The third-order valence-electron chi connectivity index (χ3n) is 4.30.